The quantitative estimate of drug-likeness (QED) is 0.720. The lowest BCUT2D eigenvalue weighted by molar-refractivity contribution is 0.281. The van der Waals surface area contributed by atoms with Crippen LogP contribution in [0.3, 0.4) is 0 Å². The van der Waals surface area contributed by atoms with E-state index in [1.807, 2.05) is 42.5 Å². The van der Waals surface area contributed by atoms with Gasteiger partial charge in [0.1, 0.15) is 5.75 Å². The van der Waals surface area contributed by atoms with E-state index in [4.69, 9.17) is 15.6 Å². The Morgan fingerprint density at radius 1 is 1.16 bits per heavy atom. The first-order valence-corrected chi connectivity index (χ1v) is 6.09. The van der Waals surface area contributed by atoms with Gasteiger partial charge in [-0.3, -0.25) is 0 Å². The standard InChI is InChI=1S/C15H18N2O2/c1-19-15-8-13(5-6-14(15)16)17-9-11-3-2-4-12(7-11)10-18/h2-8,17-18H,9-10,16H2,1H3. The van der Waals surface area contributed by atoms with E-state index in [9.17, 15) is 0 Å². The molecule has 0 unspecified atom stereocenters. The third-order valence-electron chi connectivity index (χ3n) is 2.90. The number of aliphatic hydroxyl groups excluding tert-OH is 1. The smallest absolute Gasteiger partial charge is 0.143 e. The number of benzene rings is 2. The highest BCUT2D eigenvalue weighted by atomic mass is 16.5. The van der Waals surface area contributed by atoms with E-state index in [0.717, 1.165) is 16.8 Å². The fourth-order valence-corrected chi connectivity index (χ4v) is 1.86. The molecule has 0 heterocycles. The first kappa shape index (κ1) is 13.2. The highest BCUT2D eigenvalue weighted by molar-refractivity contribution is 5.61. The number of nitrogens with two attached hydrogens (primary N) is 1. The van der Waals surface area contributed by atoms with Crippen LogP contribution in [0.5, 0.6) is 5.75 Å². The van der Waals surface area contributed by atoms with Crippen LogP contribution in [0, 0.1) is 0 Å². The van der Waals surface area contributed by atoms with E-state index < -0.39 is 0 Å². The molecule has 0 bridgehead atoms. The first-order valence-electron chi connectivity index (χ1n) is 6.09. The molecule has 0 atom stereocenters. The van der Waals surface area contributed by atoms with Gasteiger partial charge in [0.05, 0.1) is 19.4 Å². The van der Waals surface area contributed by atoms with Crippen LogP contribution in [0.4, 0.5) is 11.4 Å². The van der Waals surface area contributed by atoms with Crippen molar-refractivity contribution in [3.63, 3.8) is 0 Å². The maximum atomic E-state index is 9.10. The molecular weight excluding hydrogens is 240 g/mol. The van der Waals surface area contributed by atoms with Crippen molar-refractivity contribution in [1.29, 1.82) is 0 Å². The molecule has 0 aliphatic rings. The lowest BCUT2D eigenvalue weighted by atomic mass is 10.1. The minimum absolute atomic E-state index is 0.0591. The van der Waals surface area contributed by atoms with Crippen LogP contribution in [0.25, 0.3) is 0 Å². The Morgan fingerprint density at radius 2 is 1.95 bits per heavy atom. The molecule has 0 saturated heterocycles. The van der Waals surface area contributed by atoms with Crippen LogP contribution in [0.2, 0.25) is 0 Å². The third kappa shape index (κ3) is 3.39. The SMILES string of the molecule is COc1cc(NCc2cccc(CO)c2)ccc1N. The molecule has 0 amide bonds. The summed E-state index contributed by atoms with van der Waals surface area (Å²) in [7, 11) is 1.60. The summed E-state index contributed by atoms with van der Waals surface area (Å²) in [4.78, 5) is 0. The van der Waals surface area contributed by atoms with Crippen molar-refractivity contribution in [3.05, 3.63) is 53.6 Å². The lowest BCUT2D eigenvalue weighted by Gasteiger charge is -2.10. The second-order valence-electron chi connectivity index (χ2n) is 4.29. The average molecular weight is 258 g/mol. The van der Waals surface area contributed by atoms with Gasteiger partial charge in [0, 0.05) is 18.3 Å². The Labute approximate surface area is 112 Å². The zero-order valence-corrected chi connectivity index (χ0v) is 10.9. The minimum Gasteiger partial charge on any atom is -0.495 e. The van der Waals surface area contributed by atoms with Crippen LogP contribution in [0.1, 0.15) is 11.1 Å². The van der Waals surface area contributed by atoms with E-state index in [2.05, 4.69) is 5.32 Å². The monoisotopic (exact) mass is 258 g/mol. The molecule has 19 heavy (non-hydrogen) atoms. The molecule has 0 radical (unpaired) electrons. The molecule has 4 N–H and O–H groups in total. The number of nitrogen functional groups attached to an aromatic ring is 1. The Bertz CT molecular complexity index is 556. The molecule has 0 aromatic heterocycles. The topological polar surface area (TPSA) is 67.5 Å². The number of methoxy groups -OCH3 is 1. The zero-order valence-electron chi connectivity index (χ0n) is 10.9. The maximum absolute atomic E-state index is 9.10. The molecule has 0 aliphatic heterocycles. The maximum Gasteiger partial charge on any atom is 0.143 e. The van der Waals surface area contributed by atoms with E-state index in [1.54, 1.807) is 7.11 Å². The van der Waals surface area contributed by atoms with Gasteiger partial charge in [-0.15, -0.1) is 0 Å². The molecule has 2 aromatic rings. The van der Waals surface area contributed by atoms with Crippen LogP contribution in [-0.4, -0.2) is 12.2 Å². The summed E-state index contributed by atoms with van der Waals surface area (Å²) in [6.45, 7) is 0.741. The summed E-state index contributed by atoms with van der Waals surface area (Å²) in [6, 6.07) is 13.4. The summed E-state index contributed by atoms with van der Waals surface area (Å²) in [5.74, 6) is 0.661. The molecule has 100 valence electrons. The van der Waals surface area contributed by atoms with Crippen LogP contribution < -0.4 is 15.8 Å². The number of aliphatic hydroxyl groups is 1. The Hall–Kier alpha value is -2.20. The Balaban J connectivity index is 2.05. The molecular formula is C15H18N2O2. The summed E-state index contributed by atoms with van der Waals surface area (Å²) in [5, 5.41) is 12.4. The van der Waals surface area contributed by atoms with Crippen LogP contribution >= 0.6 is 0 Å². The van der Waals surface area contributed by atoms with Gasteiger partial charge in [-0.2, -0.15) is 0 Å². The van der Waals surface area contributed by atoms with E-state index >= 15 is 0 Å². The van der Waals surface area contributed by atoms with Gasteiger partial charge in [-0.1, -0.05) is 24.3 Å². The molecule has 0 aliphatic carbocycles. The van der Waals surface area contributed by atoms with Crippen molar-refractivity contribution in [1.82, 2.24) is 0 Å². The lowest BCUT2D eigenvalue weighted by Crippen LogP contribution is -2.01. The van der Waals surface area contributed by atoms with Gasteiger partial charge < -0.3 is 20.9 Å². The van der Waals surface area contributed by atoms with E-state index in [1.165, 1.54) is 0 Å². The zero-order chi connectivity index (χ0) is 13.7. The van der Waals surface area contributed by atoms with Gasteiger partial charge >= 0.3 is 0 Å². The number of nitrogens with one attached hydrogen (secondary N) is 1. The van der Waals surface area contributed by atoms with Crippen molar-refractivity contribution in [2.75, 3.05) is 18.2 Å². The predicted molar refractivity (Wildman–Crippen MR) is 77.1 cm³/mol. The Kier molecular flexibility index (Phi) is 4.26. The number of ether oxygens (including phenoxy) is 1. The molecule has 0 spiro atoms. The van der Waals surface area contributed by atoms with Gasteiger partial charge in [0.2, 0.25) is 0 Å². The largest absolute Gasteiger partial charge is 0.495 e. The van der Waals surface area contributed by atoms with Gasteiger partial charge in [0.25, 0.3) is 0 Å². The van der Waals surface area contributed by atoms with Gasteiger partial charge in [-0.05, 0) is 23.3 Å². The average Bonchev–Trinajstić information content (AvgIpc) is 2.46. The van der Waals surface area contributed by atoms with Crippen molar-refractivity contribution in [3.8, 4) is 5.75 Å². The fourth-order valence-electron chi connectivity index (χ4n) is 1.86. The first-order chi connectivity index (χ1) is 9.22. The second kappa shape index (κ2) is 6.11. The number of anilines is 2. The second-order valence-corrected chi connectivity index (χ2v) is 4.29. The summed E-state index contributed by atoms with van der Waals surface area (Å²) < 4.78 is 5.18. The number of hydrogen-bond donors (Lipinski definition) is 3. The fraction of sp³-hybridized carbons (Fsp3) is 0.200. The molecule has 4 nitrogen and oxygen atoms in total. The molecule has 2 rings (SSSR count). The molecule has 0 fully saturated rings. The van der Waals surface area contributed by atoms with Crippen LogP contribution in [0.15, 0.2) is 42.5 Å². The van der Waals surface area contributed by atoms with Crippen molar-refractivity contribution in [2.24, 2.45) is 0 Å². The van der Waals surface area contributed by atoms with Gasteiger partial charge in [0.15, 0.2) is 0 Å². The van der Waals surface area contributed by atoms with Crippen molar-refractivity contribution >= 4 is 11.4 Å². The van der Waals surface area contributed by atoms with Crippen molar-refractivity contribution < 1.29 is 9.84 Å². The third-order valence-corrected chi connectivity index (χ3v) is 2.90. The number of rotatable bonds is 5. The molecule has 0 saturated carbocycles. The number of hydrogen-bond acceptors (Lipinski definition) is 4. The normalized spacial score (nSPS) is 10.2. The summed E-state index contributed by atoms with van der Waals surface area (Å²) in [6.07, 6.45) is 0. The van der Waals surface area contributed by atoms with E-state index in [0.29, 0.717) is 18.0 Å². The highest BCUT2D eigenvalue weighted by Gasteiger charge is 2.01. The molecule has 2 aromatic carbocycles. The van der Waals surface area contributed by atoms with Gasteiger partial charge in [-0.25, -0.2) is 0 Å². The predicted octanol–water partition coefficient (Wildman–Crippen LogP) is 2.38. The van der Waals surface area contributed by atoms with Crippen LogP contribution in [-0.2, 0) is 13.2 Å². The molecule has 4 heteroatoms. The summed E-state index contributed by atoms with van der Waals surface area (Å²) in [5.41, 5.74) is 9.35. The summed E-state index contributed by atoms with van der Waals surface area (Å²) >= 11 is 0. The highest BCUT2D eigenvalue weighted by Crippen LogP contribution is 2.25. The van der Waals surface area contributed by atoms with Crippen molar-refractivity contribution in [2.45, 2.75) is 13.2 Å². The minimum atomic E-state index is 0.0591. The van der Waals surface area contributed by atoms with E-state index in [-0.39, 0.29) is 6.61 Å². The Morgan fingerprint density at radius 3 is 2.68 bits per heavy atom.